The highest BCUT2D eigenvalue weighted by atomic mass is 32.2. The van der Waals surface area contributed by atoms with Crippen molar-refractivity contribution in [3.05, 3.63) is 52.2 Å². The van der Waals surface area contributed by atoms with E-state index < -0.39 is 21.8 Å². The molecule has 10 heteroatoms. The van der Waals surface area contributed by atoms with Gasteiger partial charge in [-0.3, -0.25) is 10.2 Å². The number of ketones is 1. The number of amidine groups is 1. The van der Waals surface area contributed by atoms with Crippen molar-refractivity contribution < 1.29 is 13.2 Å². The predicted molar refractivity (Wildman–Crippen MR) is 113 cm³/mol. The monoisotopic (exact) mass is 434 g/mol. The molecule has 0 bridgehead atoms. The van der Waals surface area contributed by atoms with Crippen LogP contribution in [0.2, 0.25) is 0 Å². The summed E-state index contributed by atoms with van der Waals surface area (Å²) in [5, 5.41) is 18.0. The molecule has 1 aromatic carbocycles. The Bertz CT molecular complexity index is 1140. The number of Topliss-reactive ketones (excluding diaryl/α,β-unsaturated/α-hetero) is 1. The fraction of sp³-hybridized carbons (Fsp3) is 0.167. The van der Waals surface area contributed by atoms with Crippen LogP contribution in [0.5, 0.6) is 0 Å². The van der Waals surface area contributed by atoms with Gasteiger partial charge in [-0.15, -0.1) is 22.7 Å². The zero-order chi connectivity index (χ0) is 20.5. The highest BCUT2D eigenvalue weighted by Crippen LogP contribution is 2.28. The predicted octanol–water partition coefficient (Wildman–Crippen LogP) is 2.75. The number of rotatable bonds is 8. The van der Waals surface area contributed by atoms with Gasteiger partial charge < -0.3 is 11.1 Å². The molecule has 0 radical (unpaired) electrons. The number of nitrogens with two attached hydrogens (primary N) is 1. The molecule has 0 saturated carbocycles. The number of sulfonamides is 1. The van der Waals surface area contributed by atoms with Gasteiger partial charge in [-0.25, -0.2) is 8.42 Å². The van der Waals surface area contributed by atoms with Crippen LogP contribution in [0.3, 0.4) is 0 Å². The Morgan fingerprint density at radius 2 is 1.96 bits per heavy atom. The van der Waals surface area contributed by atoms with Crippen LogP contribution in [0.25, 0.3) is 10.1 Å². The summed E-state index contributed by atoms with van der Waals surface area (Å²) in [4.78, 5) is 13.0. The first-order valence-corrected chi connectivity index (χ1v) is 11.4. The number of carbonyl (C=O) groups excluding carboxylic acids is 1. The van der Waals surface area contributed by atoms with E-state index in [9.17, 15) is 13.2 Å². The second-order valence-corrected chi connectivity index (χ2v) is 10.1. The number of nitrogens with one attached hydrogen (secondary N) is 3. The highest BCUT2D eigenvalue weighted by molar-refractivity contribution is 7.91. The number of fused-ring (bicyclic) bond motifs is 1. The first-order valence-electron chi connectivity index (χ1n) is 8.21. The quantitative estimate of drug-likeness (QED) is 0.320. The topological polar surface area (TPSA) is 137 Å². The summed E-state index contributed by atoms with van der Waals surface area (Å²) in [7, 11) is -3.87. The van der Waals surface area contributed by atoms with Gasteiger partial charge >= 0.3 is 0 Å². The van der Waals surface area contributed by atoms with E-state index in [4.69, 9.17) is 16.6 Å². The lowest BCUT2D eigenvalue weighted by atomic mass is 10.0. The Hall–Kier alpha value is -2.40. The molecule has 3 rings (SSSR count). The molecule has 146 valence electrons. The molecule has 0 aliphatic heterocycles. The standard InChI is InChI=1S/C18H18N4O3S3/c1-10(17(23)13(19)6-11-7-15(18(20)21)26-9-11)22-28(24,25)16-8-12-4-2-3-5-14(12)27-16/h2-5,7-10,19,22H,6H2,1H3,(H3,20,21)/t10-/m0/s1. The number of carbonyl (C=O) groups is 1. The van der Waals surface area contributed by atoms with Gasteiger partial charge in [-0.05, 0) is 41.5 Å². The smallest absolute Gasteiger partial charge is 0.250 e. The first kappa shape index (κ1) is 20.3. The number of hydrogen-bond acceptors (Lipinski definition) is 7. The van der Waals surface area contributed by atoms with Gasteiger partial charge in [0.25, 0.3) is 10.0 Å². The minimum atomic E-state index is -3.87. The Balaban J connectivity index is 1.69. The normalized spacial score (nSPS) is 12.8. The zero-order valence-corrected chi connectivity index (χ0v) is 17.3. The van der Waals surface area contributed by atoms with E-state index in [1.807, 2.05) is 24.3 Å². The molecule has 1 atom stereocenters. The molecule has 2 aromatic heterocycles. The molecule has 0 spiro atoms. The number of nitrogen functional groups attached to an aromatic ring is 1. The Morgan fingerprint density at radius 3 is 2.61 bits per heavy atom. The molecule has 0 unspecified atom stereocenters. The van der Waals surface area contributed by atoms with Gasteiger partial charge in [-0.1, -0.05) is 18.2 Å². The molecular formula is C18H18N4O3S3. The first-order chi connectivity index (χ1) is 13.2. The van der Waals surface area contributed by atoms with Crippen molar-refractivity contribution >= 4 is 60.1 Å². The summed E-state index contributed by atoms with van der Waals surface area (Å²) < 4.78 is 28.6. The SMILES string of the molecule is C[C@H](NS(=O)(=O)c1cc2ccccc2s1)C(=O)C(=N)Cc1csc(C(=N)N)c1. The summed E-state index contributed by atoms with van der Waals surface area (Å²) in [5.74, 6) is -0.668. The molecular weight excluding hydrogens is 416 g/mol. The number of hydrogen-bond donors (Lipinski definition) is 4. The van der Waals surface area contributed by atoms with Crippen molar-refractivity contribution in [3.8, 4) is 0 Å². The van der Waals surface area contributed by atoms with E-state index in [0.29, 0.717) is 10.4 Å². The maximum atomic E-state index is 12.6. The van der Waals surface area contributed by atoms with Crippen LogP contribution in [0.1, 0.15) is 17.4 Å². The van der Waals surface area contributed by atoms with Crippen LogP contribution < -0.4 is 10.5 Å². The fourth-order valence-electron chi connectivity index (χ4n) is 2.60. The second kappa shape index (κ2) is 7.92. The Labute approximate surface area is 170 Å². The van der Waals surface area contributed by atoms with E-state index in [2.05, 4.69) is 4.72 Å². The van der Waals surface area contributed by atoms with Gasteiger partial charge in [-0.2, -0.15) is 4.72 Å². The summed E-state index contributed by atoms with van der Waals surface area (Å²) in [6.07, 6.45) is 0.0531. The van der Waals surface area contributed by atoms with Crippen LogP contribution >= 0.6 is 22.7 Å². The molecule has 0 fully saturated rings. The van der Waals surface area contributed by atoms with E-state index in [1.165, 1.54) is 18.3 Å². The molecule has 7 nitrogen and oxygen atoms in total. The fourth-order valence-corrected chi connectivity index (χ4v) is 5.99. The van der Waals surface area contributed by atoms with Gasteiger partial charge in [0.15, 0.2) is 5.78 Å². The number of thiophene rings is 2. The van der Waals surface area contributed by atoms with Crippen LogP contribution in [0, 0.1) is 10.8 Å². The molecule has 2 heterocycles. The van der Waals surface area contributed by atoms with Crippen LogP contribution in [0.15, 0.2) is 46.0 Å². The Morgan fingerprint density at radius 1 is 1.25 bits per heavy atom. The van der Waals surface area contributed by atoms with E-state index in [-0.39, 0.29) is 22.2 Å². The van der Waals surface area contributed by atoms with Crippen molar-refractivity contribution in [3.63, 3.8) is 0 Å². The van der Waals surface area contributed by atoms with Crippen LogP contribution in [-0.2, 0) is 21.2 Å². The lowest BCUT2D eigenvalue weighted by molar-refractivity contribution is -0.114. The molecule has 3 aromatic rings. The maximum Gasteiger partial charge on any atom is 0.250 e. The Kier molecular flexibility index (Phi) is 5.75. The third-order valence-corrected chi connectivity index (χ3v) is 8.13. The minimum absolute atomic E-state index is 0.0531. The molecule has 0 amide bonds. The van der Waals surface area contributed by atoms with Gasteiger partial charge in [0, 0.05) is 11.1 Å². The minimum Gasteiger partial charge on any atom is -0.383 e. The maximum absolute atomic E-state index is 12.6. The molecule has 28 heavy (non-hydrogen) atoms. The average Bonchev–Trinajstić information content (AvgIpc) is 3.27. The van der Waals surface area contributed by atoms with Crippen molar-refractivity contribution in [1.29, 1.82) is 10.8 Å². The van der Waals surface area contributed by atoms with Gasteiger partial charge in [0.1, 0.15) is 10.0 Å². The lowest BCUT2D eigenvalue weighted by Crippen LogP contribution is -2.41. The van der Waals surface area contributed by atoms with E-state index in [0.717, 1.165) is 21.4 Å². The van der Waals surface area contributed by atoms with Crippen molar-refractivity contribution in [2.75, 3.05) is 0 Å². The van der Waals surface area contributed by atoms with E-state index in [1.54, 1.807) is 17.5 Å². The van der Waals surface area contributed by atoms with Crippen LogP contribution in [-0.4, -0.2) is 31.8 Å². The van der Waals surface area contributed by atoms with E-state index >= 15 is 0 Å². The molecule has 0 aliphatic rings. The van der Waals surface area contributed by atoms with Crippen LogP contribution in [0.4, 0.5) is 0 Å². The summed E-state index contributed by atoms with van der Waals surface area (Å²) >= 11 is 2.39. The third kappa shape index (κ3) is 4.36. The largest absolute Gasteiger partial charge is 0.383 e. The van der Waals surface area contributed by atoms with Crippen molar-refractivity contribution in [2.45, 2.75) is 23.6 Å². The second-order valence-electron chi connectivity index (χ2n) is 6.20. The van der Waals surface area contributed by atoms with Crippen molar-refractivity contribution in [1.82, 2.24) is 4.72 Å². The van der Waals surface area contributed by atoms with Gasteiger partial charge in [0.2, 0.25) is 0 Å². The lowest BCUT2D eigenvalue weighted by Gasteiger charge is -2.12. The van der Waals surface area contributed by atoms with Crippen molar-refractivity contribution in [2.24, 2.45) is 5.73 Å². The third-order valence-electron chi connectivity index (χ3n) is 3.99. The summed E-state index contributed by atoms with van der Waals surface area (Å²) in [5.41, 5.74) is 5.90. The number of benzene rings is 1. The summed E-state index contributed by atoms with van der Waals surface area (Å²) in [6.45, 7) is 1.43. The molecule has 0 aliphatic carbocycles. The summed E-state index contributed by atoms with van der Waals surface area (Å²) in [6, 6.07) is 9.48. The highest BCUT2D eigenvalue weighted by Gasteiger charge is 2.26. The molecule has 0 saturated heterocycles. The zero-order valence-electron chi connectivity index (χ0n) is 14.9. The van der Waals surface area contributed by atoms with Gasteiger partial charge in [0.05, 0.1) is 16.6 Å². The molecule has 5 N–H and O–H groups in total. The average molecular weight is 435 g/mol.